The summed E-state index contributed by atoms with van der Waals surface area (Å²) in [5, 5.41) is 9.13. The number of H-pyrrole nitrogens is 2. The van der Waals surface area contributed by atoms with Gasteiger partial charge in [0.15, 0.2) is 0 Å². The standard InChI is InChI=1S/C12H21N5O2/c1-2-13-11(18)7-9-5-3-4-6-17(9)8-10-14-12(19)16-15-10/h9H,2-8H2,1H3,(H,13,18)(H2,14,15,16,19). The van der Waals surface area contributed by atoms with Crippen molar-refractivity contribution in [3.8, 4) is 0 Å². The summed E-state index contributed by atoms with van der Waals surface area (Å²) in [7, 11) is 0. The van der Waals surface area contributed by atoms with Gasteiger partial charge in [0, 0.05) is 19.0 Å². The quantitative estimate of drug-likeness (QED) is 0.699. The van der Waals surface area contributed by atoms with Gasteiger partial charge in [0.2, 0.25) is 5.91 Å². The normalized spacial score (nSPS) is 20.4. The predicted octanol–water partition coefficient (Wildman–Crippen LogP) is -0.0213. The molecule has 19 heavy (non-hydrogen) atoms. The fourth-order valence-corrected chi connectivity index (χ4v) is 2.56. The Morgan fingerprint density at radius 1 is 1.53 bits per heavy atom. The minimum atomic E-state index is -0.285. The molecule has 7 nitrogen and oxygen atoms in total. The summed E-state index contributed by atoms with van der Waals surface area (Å²) in [5.74, 6) is 0.725. The third-order valence-corrected chi connectivity index (χ3v) is 3.45. The Bertz CT molecular complexity index is 467. The van der Waals surface area contributed by atoms with Crippen LogP contribution in [-0.2, 0) is 11.3 Å². The molecule has 1 fully saturated rings. The number of carbonyl (C=O) groups excluding carboxylic acids is 1. The topological polar surface area (TPSA) is 93.9 Å². The van der Waals surface area contributed by atoms with Crippen molar-refractivity contribution in [3.63, 3.8) is 0 Å². The van der Waals surface area contributed by atoms with Crippen LogP contribution in [0.1, 0.15) is 38.4 Å². The van der Waals surface area contributed by atoms with Crippen LogP contribution in [-0.4, -0.2) is 45.1 Å². The van der Waals surface area contributed by atoms with Crippen LogP contribution in [0.25, 0.3) is 0 Å². The second-order valence-electron chi connectivity index (χ2n) is 4.90. The van der Waals surface area contributed by atoms with Gasteiger partial charge in [0.25, 0.3) is 0 Å². The maximum atomic E-state index is 11.7. The highest BCUT2D eigenvalue weighted by molar-refractivity contribution is 5.76. The summed E-state index contributed by atoms with van der Waals surface area (Å²) in [4.78, 5) is 27.6. The highest BCUT2D eigenvalue weighted by Gasteiger charge is 2.25. The van der Waals surface area contributed by atoms with Crippen LogP contribution in [0.3, 0.4) is 0 Å². The highest BCUT2D eigenvalue weighted by atomic mass is 16.2. The Kier molecular flexibility index (Phi) is 4.73. The maximum Gasteiger partial charge on any atom is 0.340 e. The molecular weight excluding hydrogens is 246 g/mol. The number of hydrogen-bond acceptors (Lipinski definition) is 4. The average Bonchev–Trinajstić information content (AvgIpc) is 2.78. The van der Waals surface area contributed by atoms with Gasteiger partial charge in [-0.1, -0.05) is 6.42 Å². The van der Waals surface area contributed by atoms with Crippen molar-refractivity contribution >= 4 is 5.91 Å². The second-order valence-corrected chi connectivity index (χ2v) is 4.90. The number of carbonyl (C=O) groups is 1. The maximum absolute atomic E-state index is 11.7. The van der Waals surface area contributed by atoms with Crippen LogP contribution in [0, 0.1) is 0 Å². The van der Waals surface area contributed by atoms with E-state index in [4.69, 9.17) is 0 Å². The van der Waals surface area contributed by atoms with Gasteiger partial charge in [-0.15, -0.1) is 0 Å². The summed E-state index contributed by atoms with van der Waals surface area (Å²) in [6, 6.07) is 0.237. The molecule has 1 aromatic rings. The molecule has 0 saturated carbocycles. The molecule has 0 aromatic carbocycles. The molecule has 1 saturated heterocycles. The Labute approximate surface area is 111 Å². The van der Waals surface area contributed by atoms with Crippen LogP contribution in [0.5, 0.6) is 0 Å². The van der Waals surface area contributed by atoms with Crippen LogP contribution in [0.2, 0.25) is 0 Å². The monoisotopic (exact) mass is 267 g/mol. The minimum absolute atomic E-state index is 0.0925. The molecular formula is C12H21N5O2. The van der Waals surface area contributed by atoms with E-state index in [1.807, 2.05) is 6.92 Å². The van der Waals surface area contributed by atoms with Crippen molar-refractivity contribution in [2.75, 3.05) is 13.1 Å². The van der Waals surface area contributed by atoms with Gasteiger partial charge in [-0.2, -0.15) is 5.10 Å². The lowest BCUT2D eigenvalue weighted by atomic mass is 9.99. The SMILES string of the molecule is CCNC(=O)CC1CCCCN1Cc1n[nH]c(=O)[nH]1. The molecule has 7 heteroatoms. The second kappa shape index (κ2) is 6.51. The van der Waals surface area contributed by atoms with Gasteiger partial charge in [-0.05, 0) is 26.3 Å². The Balaban J connectivity index is 1.95. The number of piperidine rings is 1. The molecule has 1 aromatic heterocycles. The number of aromatic amines is 2. The molecule has 1 unspecified atom stereocenters. The Morgan fingerprint density at radius 2 is 2.37 bits per heavy atom. The first-order valence-corrected chi connectivity index (χ1v) is 6.83. The largest absolute Gasteiger partial charge is 0.356 e. The molecule has 0 radical (unpaired) electrons. The first kappa shape index (κ1) is 13.8. The van der Waals surface area contributed by atoms with Crippen LogP contribution in [0.15, 0.2) is 4.79 Å². The van der Waals surface area contributed by atoms with E-state index in [1.165, 1.54) is 0 Å². The molecule has 0 aliphatic carbocycles. The van der Waals surface area contributed by atoms with Crippen LogP contribution >= 0.6 is 0 Å². The summed E-state index contributed by atoms with van der Waals surface area (Å²) in [5.41, 5.74) is -0.285. The van der Waals surface area contributed by atoms with Crippen molar-refractivity contribution in [2.45, 2.75) is 45.2 Å². The van der Waals surface area contributed by atoms with E-state index in [-0.39, 0.29) is 17.6 Å². The fraction of sp³-hybridized carbons (Fsp3) is 0.750. The van der Waals surface area contributed by atoms with Gasteiger partial charge in [-0.25, -0.2) is 9.89 Å². The number of nitrogens with one attached hydrogen (secondary N) is 3. The minimum Gasteiger partial charge on any atom is -0.356 e. The zero-order valence-electron chi connectivity index (χ0n) is 11.2. The molecule has 1 amide bonds. The van der Waals surface area contributed by atoms with E-state index in [0.29, 0.717) is 25.3 Å². The zero-order valence-corrected chi connectivity index (χ0v) is 11.2. The lowest BCUT2D eigenvalue weighted by Crippen LogP contribution is -2.42. The lowest BCUT2D eigenvalue weighted by Gasteiger charge is -2.34. The molecule has 2 heterocycles. The molecule has 0 bridgehead atoms. The van der Waals surface area contributed by atoms with Crippen LogP contribution in [0.4, 0.5) is 0 Å². The van der Waals surface area contributed by atoms with E-state index in [0.717, 1.165) is 25.8 Å². The summed E-state index contributed by atoms with van der Waals surface area (Å²) in [6.07, 6.45) is 3.81. The van der Waals surface area contributed by atoms with Crippen molar-refractivity contribution in [2.24, 2.45) is 0 Å². The molecule has 1 aliphatic heterocycles. The first-order valence-electron chi connectivity index (χ1n) is 6.83. The molecule has 106 valence electrons. The first-order chi connectivity index (χ1) is 9.19. The summed E-state index contributed by atoms with van der Waals surface area (Å²) >= 11 is 0. The molecule has 0 spiro atoms. The Hall–Kier alpha value is -1.63. The van der Waals surface area contributed by atoms with Gasteiger partial charge in [0.05, 0.1) is 6.54 Å². The zero-order chi connectivity index (χ0) is 13.7. The van der Waals surface area contributed by atoms with E-state index in [9.17, 15) is 9.59 Å². The van der Waals surface area contributed by atoms with Gasteiger partial charge >= 0.3 is 5.69 Å². The molecule has 1 atom stereocenters. The smallest absolute Gasteiger partial charge is 0.340 e. The number of nitrogens with zero attached hydrogens (tertiary/aromatic N) is 2. The van der Waals surface area contributed by atoms with Gasteiger partial charge in [-0.3, -0.25) is 14.7 Å². The average molecular weight is 267 g/mol. The van der Waals surface area contributed by atoms with Crippen molar-refractivity contribution in [1.29, 1.82) is 0 Å². The summed E-state index contributed by atoms with van der Waals surface area (Å²) in [6.45, 7) is 4.12. The van der Waals surface area contributed by atoms with Gasteiger partial charge < -0.3 is 5.32 Å². The van der Waals surface area contributed by atoms with E-state index in [1.54, 1.807) is 0 Å². The molecule has 2 rings (SSSR count). The summed E-state index contributed by atoms with van der Waals surface area (Å²) < 4.78 is 0. The highest BCUT2D eigenvalue weighted by Crippen LogP contribution is 2.20. The predicted molar refractivity (Wildman–Crippen MR) is 70.6 cm³/mol. The lowest BCUT2D eigenvalue weighted by molar-refractivity contribution is -0.122. The molecule has 1 aliphatic rings. The Morgan fingerprint density at radius 3 is 3.05 bits per heavy atom. The van der Waals surface area contributed by atoms with E-state index >= 15 is 0 Å². The number of amides is 1. The number of hydrogen-bond donors (Lipinski definition) is 3. The number of rotatable bonds is 5. The van der Waals surface area contributed by atoms with E-state index in [2.05, 4.69) is 25.4 Å². The van der Waals surface area contributed by atoms with Crippen molar-refractivity contribution < 1.29 is 4.79 Å². The van der Waals surface area contributed by atoms with Gasteiger partial charge in [0.1, 0.15) is 5.82 Å². The van der Waals surface area contributed by atoms with Crippen LogP contribution < -0.4 is 11.0 Å². The fourth-order valence-electron chi connectivity index (χ4n) is 2.56. The van der Waals surface area contributed by atoms with Crippen molar-refractivity contribution in [1.82, 2.24) is 25.4 Å². The number of aromatic nitrogens is 3. The van der Waals surface area contributed by atoms with E-state index < -0.39 is 0 Å². The third-order valence-electron chi connectivity index (χ3n) is 3.45. The number of likely N-dealkylation sites (tertiary alicyclic amines) is 1. The van der Waals surface area contributed by atoms with Crippen molar-refractivity contribution in [3.05, 3.63) is 16.3 Å². The third kappa shape index (κ3) is 3.92. The molecule has 3 N–H and O–H groups in total.